The molecule has 0 aliphatic rings. The Hall–Kier alpha value is -2.37. The van der Waals surface area contributed by atoms with E-state index in [4.69, 9.17) is 0 Å². The zero-order chi connectivity index (χ0) is 19.7. The largest absolute Gasteiger partial charge is 0.421 e. The molecule has 8 nitrogen and oxygen atoms in total. The van der Waals surface area contributed by atoms with E-state index in [1.807, 2.05) is 0 Å². The van der Waals surface area contributed by atoms with E-state index in [1.54, 1.807) is 6.92 Å². The summed E-state index contributed by atoms with van der Waals surface area (Å²) in [5, 5.41) is 8.40. The first-order valence-corrected chi connectivity index (χ1v) is 9.23. The van der Waals surface area contributed by atoms with Gasteiger partial charge in [0.25, 0.3) is 10.0 Å². The molecular formula is C14H19F3N6O2S. The highest BCUT2D eigenvalue weighted by Crippen LogP contribution is 2.34. The van der Waals surface area contributed by atoms with Crippen LogP contribution in [0, 0.1) is 6.92 Å². The second-order valence-corrected chi connectivity index (χ2v) is 8.01. The Morgan fingerprint density at radius 1 is 1.27 bits per heavy atom. The van der Waals surface area contributed by atoms with Crippen molar-refractivity contribution in [3.8, 4) is 0 Å². The van der Waals surface area contributed by atoms with Crippen molar-refractivity contribution in [1.82, 2.24) is 19.2 Å². The van der Waals surface area contributed by atoms with E-state index in [0.29, 0.717) is 6.20 Å². The topological polar surface area (TPSA) is 102 Å². The monoisotopic (exact) mass is 392 g/mol. The summed E-state index contributed by atoms with van der Waals surface area (Å²) in [4.78, 5) is 7.49. The molecular weight excluding hydrogens is 373 g/mol. The zero-order valence-electron chi connectivity index (χ0n) is 14.6. The highest BCUT2D eigenvalue weighted by atomic mass is 32.2. The van der Waals surface area contributed by atoms with Gasteiger partial charge < -0.3 is 10.6 Å². The van der Waals surface area contributed by atoms with Crippen LogP contribution in [0.4, 0.5) is 30.6 Å². The minimum absolute atomic E-state index is 0.112. The van der Waals surface area contributed by atoms with E-state index in [0.717, 1.165) is 4.09 Å². The third-order valence-electron chi connectivity index (χ3n) is 3.49. The van der Waals surface area contributed by atoms with Gasteiger partial charge >= 0.3 is 6.18 Å². The number of alkyl halides is 3. The smallest absolute Gasteiger partial charge is 0.370 e. The van der Waals surface area contributed by atoms with Crippen LogP contribution >= 0.6 is 0 Å². The molecule has 0 saturated heterocycles. The van der Waals surface area contributed by atoms with Crippen LogP contribution in [0.1, 0.15) is 32.0 Å². The molecule has 2 aromatic rings. The van der Waals surface area contributed by atoms with E-state index in [2.05, 4.69) is 25.7 Å². The second kappa shape index (κ2) is 7.09. The van der Waals surface area contributed by atoms with Crippen molar-refractivity contribution in [1.29, 1.82) is 0 Å². The van der Waals surface area contributed by atoms with E-state index < -0.39 is 27.0 Å². The lowest BCUT2D eigenvalue weighted by Gasteiger charge is -2.14. The van der Waals surface area contributed by atoms with Crippen molar-refractivity contribution in [3.63, 3.8) is 0 Å². The van der Waals surface area contributed by atoms with Crippen LogP contribution in [0.15, 0.2) is 12.4 Å². The quantitative estimate of drug-likeness (QED) is 0.779. The minimum atomic E-state index is -4.60. The number of aromatic nitrogens is 4. The highest BCUT2D eigenvalue weighted by Gasteiger charge is 2.35. The van der Waals surface area contributed by atoms with Gasteiger partial charge in [-0.1, -0.05) is 0 Å². The van der Waals surface area contributed by atoms with Crippen molar-refractivity contribution in [3.05, 3.63) is 23.7 Å². The van der Waals surface area contributed by atoms with Crippen molar-refractivity contribution in [2.24, 2.45) is 0 Å². The molecule has 144 valence electrons. The van der Waals surface area contributed by atoms with Crippen LogP contribution in [0.25, 0.3) is 0 Å². The Bertz CT molecular complexity index is 893. The zero-order valence-corrected chi connectivity index (χ0v) is 15.4. The summed E-state index contributed by atoms with van der Waals surface area (Å²) < 4.78 is 64.3. The summed E-state index contributed by atoms with van der Waals surface area (Å²) in [5.74, 6) is -0.476. The summed E-state index contributed by atoms with van der Waals surface area (Å²) in [6, 6.07) is 0. The van der Waals surface area contributed by atoms with Gasteiger partial charge in [-0.25, -0.2) is 13.4 Å². The normalized spacial score (nSPS) is 12.5. The van der Waals surface area contributed by atoms with Gasteiger partial charge in [-0.15, -0.1) is 0 Å². The maximum Gasteiger partial charge on any atom is 0.421 e. The van der Waals surface area contributed by atoms with Gasteiger partial charge in [-0.3, -0.25) is 0 Å². The summed E-state index contributed by atoms with van der Waals surface area (Å²) >= 11 is 0. The predicted molar refractivity (Wildman–Crippen MR) is 90.9 cm³/mol. The van der Waals surface area contributed by atoms with Crippen molar-refractivity contribution >= 4 is 27.5 Å². The fourth-order valence-corrected chi connectivity index (χ4v) is 3.10. The molecule has 26 heavy (non-hydrogen) atoms. The van der Waals surface area contributed by atoms with Crippen LogP contribution in [-0.2, 0) is 16.2 Å². The van der Waals surface area contributed by atoms with Crippen LogP contribution in [0.2, 0.25) is 0 Å². The average Bonchev–Trinajstić information content (AvgIpc) is 2.88. The number of hydrogen-bond donors (Lipinski definition) is 2. The molecule has 2 rings (SSSR count). The molecule has 0 amide bonds. The molecule has 0 radical (unpaired) electrons. The van der Waals surface area contributed by atoms with Crippen LogP contribution in [0.5, 0.6) is 0 Å². The molecule has 0 spiro atoms. The maximum absolute atomic E-state index is 13.0. The summed E-state index contributed by atoms with van der Waals surface area (Å²) in [5.41, 5.74) is -0.441. The van der Waals surface area contributed by atoms with Crippen LogP contribution in [0.3, 0.4) is 0 Å². The third-order valence-corrected chi connectivity index (χ3v) is 5.53. The molecule has 0 bridgehead atoms. The first-order valence-electron chi connectivity index (χ1n) is 7.72. The molecule has 0 aliphatic carbocycles. The lowest BCUT2D eigenvalue weighted by molar-refractivity contribution is -0.137. The maximum atomic E-state index is 13.0. The average molecular weight is 392 g/mol. The number of halogens is 3. The van der Waals surface area contributed by atoms with E-state index in [1.165, 1.54) is 27.0 Å². The van der Waals surface area contributed by atoms with Crippen molar-refractivity contribution < 1.29 is 21.6 Å². The van der Waals surface area contributed by atoms with Gasteiger partial charge in [-0.05, 0) is 27.7 Å². The molecule has 2 N–H and O–H groups in total. The second-order valence-electron chi connectivity index (χ2n) is 5.69. The molecule has 2 aromatic heterocycles. The molecule has 0 atom stereocenters. The van der Waals surface area contributed by atoms with Crippen LogP contribution in [-0.4, -0.2) is 39.4 Å². The van der Waals surface area contributed by atoms with Gasteiger partial charge in [-0.2, -0.15) is 27.3 Å². The number of nitrogens with zero attached hydrogens (tertiary/aromatic N) is 4. The first-order chi connectivity index (χ1) is 12.0. The molecule has 12 heteroatoms. The fraction of sp³-hybridized carbons (Fsp3) is 0.500. The molecule has 0 fully saturated rings. The van der Waals surface area contributed by atoms with E-state index in [9.17, 15) is 21.6 Å². The minimum Gasteiger partial charge on any atom is -0.370 e. The highest BCUT2D eigenvalue weighted by molar-refractivity contribution is 7.90. The Morgan fingerprint density at radius 2 is 1.92 bits per heavy atom. The molecule has 0 unspecified atom stereocenters. The van der Waals surface area contributed by atoms with Crippen LogP contribution < -0.4 is 10.6 Å². The van der Waals surface area contributed by atoms with E-state index in [-0.39, 0.29) is 29.7 Å². The lowest BCUT2D eigenvalue weighted by atomic mass is 10.3. The lowest BCUT2D eigenvalue weighted by Crippen LogP contribution is -2.24. The number of nitrogens with one attached hydrogen (secondary N) is 2. The molecule has 0 saturated carbocycles. The van der Waals surface area contributed by atoms with Gasteiger partial charge in [0.05, 0.1) is 22.8 Å². The van der Waals surface area contributed by atoms with Crippen molar-refractivity contribution in [2.75, 3.05) is 17.2 Å². The number of hydrogen-bond acceptors (Lipinski definition) is 7. The molecule has 0 aromatic carbocycles. The molecule has 2 heterocycles. The van der Waals surface area contributed by atoms with Gasteiger partial charge in [0.2, 0.25) is 5.95 Å². The fourth-order valence-electron chi connectivity index (χ4n) is 2.04. The summed E-state index contributed by atoms with van der Waals surface area (Å²) in [7, 11) is -3.66. The Kier molecular flexibility index (Phi) is 5.44. The Balaban J connectivity index is 2.38. The van der Waals surface area contributed by atoms with Gasteiger partial charge in [0.15, 0.2) is 0 Å². The van der Waals surface area contributed by atoms with E-state index >= 15 is 0 Å². The Morgan fingerprint density at radius 3 is 2.46 bits per heavy atom. The third kappa shape index (κ3) is 3.89. The van der Waals surface area contributed by atoms with Gasteiger partial charge in [0.1, 0.15) is 11.4 Å². The predicted octanol–water partition coefficient (Wildman–Crippen LogP) is 2.76. The standard InChI is InChI=1S/C14H19F3N6O2S/c1-5-18-12-10(14(15,16)17)6-19-13(22-12)21-11-7-20-23(9(11)4)26(24,25)8(2)3/h6-8H,5H2,1-4H3,(H2,18,19,21,22). The summed E-state index contributed by atoms with van der Waals surface area (Å²) in [6.07, 6.45) is -2.68. The summed E-state index contributed by atoms with van der Waals surface area (Å²) in [6.45, 7) is 6.43. The van der Waals surface area contributed by atoms with Gasteiger partial charge in [0, 0.05) is 12.7 Å². The Labute approximate surface area is 148 Å². The number of rotatable bonds is 6. The molecule has 0 aliphatic heterocycles. The first kappa shape index (κ1) is 19.9. The van der Waals surface area contributed by atoms with Crippen molar-refractivity contribution in [2.45, 2.75) is 39.1 Å². The SMILES string of the molecule is CCNc1nc(Nc2cnn(S(=O)(=O)C(C)C)c2C)ncc1C(F)(F)F. The number of anilines is 3.